The minimum Gasteiger partial charge on any atom is -0.388 e. The van der Waals surface area contributed by atoms with E-state index in [1.165, 1.54) is 0 Å². The molecule has 0 spiro atoms. The molecule has 0 amide bonds. The lowest BCUT2D eigenvalue weighted by atomic mass is 9.97. The average molecular weight is 269 g/mol. The van der Waals surface area contributed by atoms with E-state index < -0.39 is 0 Å². The molecule has 1 N–H and O–H groups in total. The van der Waals surface area contributed by atoms with Crippen LogP contribution in [-0.4, -0.2) is 16.7 Å². The van der Waals surface area contributed by atoms with Gasteiger partial charge in [-0.05, 0) is 39.0 Å². The van der Waals surface area contributed by atoms with Crippen molar-refractivity contribution < 1.29 is 9.84 Å². The van der Waals surface area contributed by atoms with Gasteiger partial charge in [0.1, 0.15) is 10.6 Å². The van der Waals surface area contributed by atoms with Crippen molar-refractivity contribution in [1.82, 2.24) is 4.98 Å². The number of aliphatic hydroxyl groups excluding tert-OH is 1. The zero-order valence-corrected chi connectivity index (χ0v) is 12.3. The summed E-state index contributed by atoms with van der Waals surface area (Å²) < 4.78 is 5.99. The van der Waals surface area contributed by atoms with E-state index in [9.17, 15) is 5.11 Å². The number of nitrogens with zero attached hydrogens (tertiary/aromatic N) is 1. The Labute approximate surface area is 113 Å². The topological polar surface area (TPSA) is 42.4 Å². The van der Waals surface area contributed by atoms with Crippen molar-refractivity contribution in [2.75, 3.05) is 6.61 Å². The second kappa shape index (κ2) is 5.68. The van der Waals surface area contributed by atoms with Crippen LogP contribution in [0.5, 0.6) is 0 Å². The molecule has 2 rings (SSSR count). The zero-order valence-electron chi connectivity index (χ0n) is 11.5. The van der Waals surface area contributed by atoms with Crippen LogP contribution in [0.4, 0.5) is 0 Å². The summed E-state index contributed by atoms with van der Waals surface area (Å²) in [6.45, 7) is 7.03. The molecular formula is C14H23NO2S. The highest BCUT2D eigenvalue weighted by Gasteiger charge is 2.35. The molecule has 3 nitrogen and oxygen atoms in total. The van der Waals surface area contributed by atoms with Crippen molar-refractivity contribution in [3.63, 3.8) is 0 Å². The molecule has 0 saturated carbocycles. The van der Waals surface area contributed by atoms with Gasteiger partial charge in [-0.1, -0.05) is 13.8 Å². The molecule has 1 aliphatic carbocycles. The van der Waals surface area contributed by atoms with Gasteiger partial charge in [0.15, 0.2) is 0 Å². The van der Waals surface area contributed by atoms with Crippen LogP contribution in [0.25, 0.3) is 0 Å². The van der Waals surface area contributed by atoms with Gasteiger partial charge in [0, 0.05) is 6.61 Å². The summed E-state index contributed by atoms with van der Waals surface area (Å²) in [7, 11) is 0. The van der Waals surface area contributed by atoms with Gasteiger partial charge in [-0.2, -0.15) is 0 Å². The maximum Gasteiger partial charge on any atom is 0.125 e. The molecule has 1 heterocycles. The average Bonchev–Trinajstić information content (AvgIpc) is 2.82. The third kappa shape index (κ3) is 2.33. The molecule has 1 unspecified atom stereocenters. The van der Waals surface area contributed by atoms with Crippen molar-refractivity contribution in [2.24, 2.45) is 0 Å². The molecule has 102 valence electrons. The Morgan fingerprint density at radius 3 is 2.67 bits per heavy atom. The molecule has 18 heavy (non-hydrogen) atoms. The molecule has 1 aliphatic rings. The SMILES string of the molecule is CCOC(CC)(CC)c1nc2c(s1)C(O)CCC2. The quantitative estimate of drug-likeness (QED) is 0.888. The summed E-state index contributed by atoms with van der Waals surface area (Å²) in [5.74, 6) is 0. The molecule has 0 bridgehead atoms. The molecule has 0 saturated heterocycles. The molecule has 1 aromatic rings. The standard InChI is InChI=1S/C14H23NO2S/c1-4-14(5-2,17-6-3)13-15-10-8-7-9-11(16)12(10)18-13/h11,16H,4-9H2,1-3H3. The number of ether oxygens (including phenoxy) is 1. The largest absolute Gasteiger partial charge is 0.388 e. The van der Waals surface area contributed by atoms with Gasteiger partial charge >= 0.3 is 0 Å². The Balaban J connectivity index is 2.37. The monoisotopic (exact) mass is 269 g/mol. The molecule has 0 fully saturated rings. The number of aromatic nitrogens is 1. The highest BCUT2D eigenvalue weighted by atomic mass is 32.1. The van der Waals surface area contributed by atoms with Crippen LogP contribution < -0.4 is 0 Å². The third-order valence-electron chi connectivity index (χ3n) is 3.87. The zero-order chi connectivity index (χ0) is 13.2. The van der Waals surface area contributed by atoms with Crippen molar-refractivity contribution in [3.8, 4) is 0 Å². The Kier molecular flexibility index (Phi) is 4.41. The summed E-state index contributed by atoms with van der Waals surface area (Å²) >= 11 is 1.65. The fraction of sp³-hybridized carbons (Fsp3) is 0.786. The highest BCUT2D eigenvalue weighted by molar-refractivity contribution is 7.12. The van der Waals surface area contributed by atoms with E-state index >= 15 is 0 Å². The number of aliphatic hydroxyl groups is 1. The first-order valence-electron chi connectivity index (χ1n) is 6.99. The molecule has 4 heteroatoms. The highest BCUT2D eigenvalue weighted by Crippen LogP contribution is 2.41. The minimum atomic E-state index is -0.312. The fourth-order valence-electron chi connectivity index (χ4n) is 2.69. The van der Waals surface area contributed by atoms with E-state index in [1.54, 1.807) is 11.3 Å². The first-order valence-corrected chi connectivity index (χ1v) is 7.80. The van der Waals surface area contributed by atoms with E-state index in [0.29, 0.717) is 6.61 Å². The Morgan fingerprint density at radius 2 is 2.11 bits per heavy atom. The van der Waals surface area contributed by atoms with Crippen LogP contribution in [0, 0.1) is 0 Å². The number of hydrogen-bond acceptors (Lipinski definition) is 4. The van der Waals surface area contributed by atoms with Crippen molar-refractivity contribution in [3.05, 3.63) is 15.6 Å². The molecule has 0 aliphatic heterocycles. The number of rotatable bonds is 5. The lowest BCUT2D eigenvalue weighted by Crippen LogP contribution is -2.28. The molecule has 0 radical (unpaired) electrons. The smallest absolute Gasteiger partial charge is 0.125 e. The maximum atomic E-state index is 10.0. The van der Waals surface area contributed by atoms with E-state index in [2.05, 4.69) is 13.8 Å². The van der Waals surface area contributed by atoms with Gasteiger partial charge < -0.3 is 9.84 Å². The van der Waals surface area contributed by atoms with Gasteiger partial charge in [-0.3, -0.25) is 0 Å². The van der Waals surface area contributed by atoms with Gasteiger partial charge in [0.25, 0.3) is 0 Å². The molecule has 0 aromatic carbocycles. The predicted octanol–water partition coefficient (Wildman–Crippen LogP) is 3.56. The minimum absolute atomic E-state index is 0.253. The van der Waals surface area contributed by atoms with Crippen LogP contribution in [-0.2, 0) is 16.8 Å². The van der Waals surface area contributed by atoms with Crippen LogP contribution in [0.3, 0.4) is 0 Å². The Bertz CT molecular complexity index is 398. The summed E-state index contributed by atoms with van der Waals surface area (Å²) in [5.41, 5.74) is 0.843. The lowest BCUT2D eigenvalue weighted by molar-refractivity contribution is -0.0507. The van der Waals surface area contributed by atoms with Crippen LogP contribution in [0.15, 0.2) is 0 Å². The summed E-state index contributed by atoms with van der Waals surface area (Å²) in [4.78, 5) is 5.84. The number of aryl methyl sites for hydroxylation is 1. The Hall–Kier alpha value is -0.450. The number of hydrogen-bond donors (Lipinski definition) is 1. The molecule has 1 aromatic heterocycles. The third-order valence-corrected chi connectivity index (χ3v) is 5.26. The first-order chi connectivity index (χ1) is 8.66. The van der Waals surface area contributed by atoms with Crippen LogP contribution >= 0.6 is 11.3 Å². The second-order valence-electron chi connectivity index (χ2n) is 4.87. The van der Waals surface area contributed by atoms with Gasteiger partial charge in [0.05, 0.1) is 16.7 Å². The second-order valence-corrected chi connectivity index (χ2v) is 5.90. The van der Waals surface area contributed by atoms with E-state index in [1.807, 2.05) is 6.92 Å². The maximum absolute atomic E-state index is 10.0. The van der Waals surface area contributed by atoms with E-state index in [0.717, 1.165) is 47.7 Å². The normalized spacial score (nSPS) is 19.9. The van der Waals surface area contributed by atoms with Crippen LogP contribution in [0.2, 0.25) is 0 Å². The Morgan fingerprint density at radius 1 is 1.39 bits per heavy atom. The van der Waals surface area contributed by atoms with Crippen molar-refractivity contribution in [1.29, 1.82) is 0 Å². The van der Waals surface area contributed by atoms with Crippen LogP contribution in [0.1, 0.15) is 68.1 Å². The van der Waals surface area contributed by atoms with Gasteiger partial charge in [-0.15, -0.1) is 11.3 Å². The van der Waals surface area contributed by atoms with E-state index in [-0.39, 0.29) is 11.7 Å². The van der Waals surface area contributed by atoms with Crippen molar-refractivity contribution >= 4 is 11.3 Å². The predicted molar refractivity (Wildman–Crippen MR) is 73.9 cm³/mol. The lowest BCUT2D eigenvalue weighted by Gasteiger charge is -2.29. The number of fused-ring (bicyclic) bond motifs is 1. The molecule has 1 atom stereocenters. The summed E-state index contributed by atoms with van der Waals surface area (Å²) in [6.07, 6.45) is 4.46. The van der Waals surface area contributed by atoms with Crippen molar-refractivity contribution in [2.45, 2.75) is 64.6 Å². The van der Waals surface area contributed by atoms with E-state index in [4.69, 9.17) is 9.72 Å². The van der Waals surface area contributed by atoms with Gasteiger partial charge in [-0.25, -0.2) is 4.98 Å². The molecular weight excluding hydrogens is 246 g/mol. The number of thiazole rings is 1. The summed E-state index contributed by atoms with van der Waals surface area (Å²) in [6, 6.07) is 0. The summed E-state index contributed by atoms with van der Waals surface area (Å²) in [5, 5.41) is 11.1. The van der Waals surface area contributed by atoms with Gasteiger partial charge in [0.2, 0.25) is 0 Å². The fourth-order valence-corrected chi connectivity index (χ4v) is 4.10. The first kappa shape index (κ1) is 14.0.